The molecule has 3 heteroatoms. The Kier molecular flexibility index (Phi) is 1.28. The van der Waals surface area contributed by atoms with Gasteiger partial charge in [0.25, 0.3) is 0 Å². The van der Waals surface area contributed by atoms with Crippen molar-refractivity contribution >= 4 is 0 Å². The number of hydrogen-bond acceptors (Lipinski definition) is 1. The Bertz CT molecular complexity index is 168. The van der Waals surface area contributed by atoms with E-state index in [4.69, 9.17) is 0 Å². The molecule has 1 heterocycles. The van der Waals surface area contributed by atoms with Crippen LogP contribution in [0.4, 0.5) is 0 Å². The zero-order valence-corrected chi connectivity index (χ0v) is 5.20. The predicted octanol–water partition coefficient (Wildman–Crippen LogP) is -0.273. The van der Waals surface area contributed by atoms with Gasteiger partial charge in [0.2, 0.25) is 6.33 Å². The lowest BCUT2D eigenvalue weighted by atomic mass is 10.8. The molecule has 0 radical (unpaired) electrons. The Hall–Kier alpha value is -0.860. The molecule has 8 heavy (non-hydrogen) atoms. The third-order valence-electron chi connectivity index (χ3n) is 1.16. The summed E-state index contributed by atoms with van der Waals surface area (Å²) < 4.78 is 3.96. The molecule has 0 aromatic carbocycles. The fourth-order valence-electron chi connectivity index (χ4n) is 0.656. The minimum atomic E-state index is 0.983. The summed E-state index contributed by atoms with van der Waals surface area (Å²) in [6, 6.07) is 0. The molecule has 0 atom stereocenters. The molecule has 0 aliphatic carbocycles. The van der Waals surface area contributed by atoms with Crippen LogP contribution >= 0.6 is 0 Å². The fourth-order valence-corrected chi connectivity index (χ4v) is 0.656. The van der Waals surface area contributed by atoms with Gasteiger partial charge in [0, 0.05) is 0 Å². The first kappa shape index (κ1) is 5.28. The normalized spacial score (nSPS) is 9.75. The number of hydrogen-bond donors (Lipinski definition) is 0. The van der Waals surface area contributed by atoms with E-state index in [-0.39, 0.29) is 0 Å². The molecule has 0 aliphatic heterocycles. The van der Waals surface area contributed by atoms with Gasteiger partial charge in [-0.15, -0.1) is 0 Å². The molecule has 0 saturated heterocycles. The number of aryl methyl sites for hydroxylation is 2. The molecule has 0 amide bonds. The van der Waals surface area contributed by atoms with Gasteiger partial charge in [-0.05, 0) is 11.9 Å². The van der Waals surface area contributed by atoms with Gasteiger partial charge in [-0.2, -0.15) is 9.36 Å². The van der Waals surface area contributed by atoms with Crippen molar-refractivity contribution in [2.24, 2.45) is 7.05 Å². The van der Waals surface area contributed by atoms with Crippen molar-refractivity contribution in [1.29, 1.82) is 0 Å². The summed E-state index contributed by atoms with van der Waals surface area (Å²) in [5.41, 5.74) is 0. The highest BCUT2D eigenvalue weighted by Gasteiger charge is 1.95. The van der Waals surface area contributed by atoms with E-state index >= 15 is 0 Å². The molecule has 0 unspecified atom stereocenters. The van der Waals surface area contributed by atoms with Gasteiger partial charge in [0.05, 0.1) is 6.54 Å². The molecule has 0 bridgehead atoms. The van der Waals surface area contributed by atoms with Crippen LogP contribution in [0.25, 0.3) is 0 Å². The maximum absolute atomic E-state index is 3.92. The summed E-state index contributed by atoms with van der Waals surface area (Å²) in [7, 11) is 1.97. The molecule has 0 spiro atoms. The van der Waals surface area contributed by atoms with E-state index in [9.17, 15) is 0 Å². The Labute approximate surface area is 48.6 Å². The van der Waals surface area contributed by atoms with Crippen LogP contribution in [0, 0.1) is 0 Å². The lowest BCUT2D eigenvalue weighted by molar-refractivity contribution is -0.754. The molecule has 0 fully saturated rings. The monoisotopic (exact) mass is 112 g/mol. The van der Waals surface area contributed by atoms with Crippen LogP contribution in [-0.2, 0) is 13.6 Å². The molecule has 0 saturated carbocycles. The van der Waals surface area contributed by atoms with Gasteiger partial charge < -0.3 is 0 Å². The second kappa shape index (κ2) is 1.94. The lowest BCUT2D eigenvalue weighted by Gasteiger charge is -1.90. The second-order valence-corrected chi connectivity index (χ2v) is 1.71. The SMILES string of the molecule is CCn1cnc[n+]1C. The molecule has 0 aliphatic rings. The predicted molar refractivity (Wildman–Crippen MR) is 29.1 cm³/mol. The standard InChI is InChI=1S/C5H10N3/c1-3-8-5-6-4-7(8)2/h4-5H,3H2,1-2H3/q+1. The highest BCUT2D eigenvalue weighted by molar-refractivity contribution is 4.43. The Balaban J connectivity index is 2.92. The van der Waals surface area contributed by atoms with Crippen molar-refractivity contribution in [1.82, 2.24) is 9.67 Å². The van der Waals surface area contributed by atoms with E-state index in [0.717, 1.165) is 6.54 Å². The quantitative estimate of drug-likeness (QED) is 0.458. The smallest absolute Gasteiger partial charge is 0.182 e. The van der Waals surface area contributed by atoms with Crippen LogP contribution in [0.15, 0.2) is 12.7 Å². The highest BCUT2D eigenvalue weighted by atomic mass is 15.4. The summed E-state index contributed by atoms with van der Waals surface area (Å²) in [4.78, 5) is 3.92. The number of rotatable bonds is 1. The third-order valence-corrected chi connectivity index (χ3v) is 1.16. The lowest BCUT2D eigenvalue weighted by Crippen LogP contribution is -2.37. The maximum Gasteiger partial charge on any atom is 0.306 e. The fraction of sp³-hybridized carbons (Fsp3) is 0.600. The van der Waals surface area contributed by atoms with Gasteiger partial charge in [0.1, 0.15) is 7.05 Å². The van der Waals surface area contributed by atoms with E-state index in [1.165, 1.54) is 0 Å². The van der Waals surface area contributed by atoms with E-state index in [1.54, 1.807) is 12.7 Å². The topological polar surface area (TPSA) is 21.7 Å². The van der Waals surface area contributed by atoms with Crippen molar-refractivity contribution in [3.05, 3.63) is 12.7 Å². The summed E-state index contributed by atoms with van der Waals surface area (Å²) in [6.07, 6.45) is 3.59. The van der Waals surface area contributed by atoms with E-state index < -0.39 is 0 Å². The van der Waals surface area contributed by atoms with Gasteiger partial charge >= 0.3 is 6.33 Å². The number of aromatic nitrogens is 3. The molecule has 1 aromatic rings. The average molecular weight is 112 g/mol. The first-order valence-corrected chi connectivity index (χ1v) is 2.70. The summed E-state index contributed by atoms with van der Waals surface area (Å²) >= 11 is 0. The summed E-state index contributed by atoms with van der Waals surface area (Å²) in [5, 5.41) is 0. The molecular formula is C5H10N3+. The van der Waals surface area contributed by atoms with Crippen LogP contribution in [0.1, 0.15) is 6.92 Å². The first-order valence-electron chi connectivity index (χ1n) is 2.70. The largest absolute Gasteiger partial charge is 0.306 e. The van der Waals surface area contributed by atoms with E-state index in [1.807, 2.05) is 16.4 Å². The third kappa shape index (κ3) is 0.710. The average Bonchev–Trinajstić information content (AvgIpc) is 2.14. The summed E-state index contributed by atoms with van der Waals surface area (Å²) in [6.45, 7) is 3.07. The van der Waals surface area contributed by atoms with Crippen LogP contribution in [-0.4, -0.2) is 9.67 Å². The van der Waals surface area contributed by atoms with Crippen LogP contribution in [0.5, 0.6) is 0 Å². The van der Waals surface area contributed by atoms with Crippen molar-refractivity contribution in [3.8, 4) is 0 Å². The molecule has 1 aromatic heterocycles. The van der Waals surface area contributed by atoms with Crippen LogP contribution < -0.4 is 4.68 Å². The molecule has 0 N–H and O–H groups in total. The molecule has 44 valence electrons. The van der Waals surface area contributed by atoms with Crippen molar-refractivity contribution < 1.29 is 4.68 Å². The molecule has 3 nitrogen and oxygen atoms in total. The van der Waals surface area contributed by atoms with E-state index in [0.29, 0.717) is 0 Å². The zero-order valence-electron chi connectivity index (χ0n) is 5.20. The second-order valence-electron chi connectivity index (χ2n) is 1.71. The van der Waals surface area contributed by atoms with E-state index in [2.05, 4.69) is 11.9 Å². The highest BCUT2D eigenvalue weighted by Crippen LogP contribution is 1.71. The molecular weight excluding hydrogens is 102 g/mol. The van der Waals surface area contributed by atoms with Gasteiger partial charge in [0.15, 0.2) is 0 Å². The van der Waals surface area contributed by atoms with Crippen molar-refractivity contribution in [3.63, 3.8) is 0 Å². The van der Waals surface area contributed by atoms with Crippen LogP contribution in [0.3, 0.4) is 0 Å². The Morgan fingerprint density at radius 3 is 2.75 bits per heavy atom. The zero-order chi connectivity index (χ0) is 5.98. The Morgan fingerprint density at radius 1 is 1.75 bits per heavy atom. The first-order chi connectivity index (χ1) is 3.84. The van der Waals surface area contributed by atoms with Crippen molar-refractivity contribution in [2.45, 2.75) is 13.5 Å². The Morgan fingerprint density at radius 2 is 2.50 bits per heavy atom. The minimum absolute atomic E-state index is 0.983. The van der Waals surface area contributed by atoms with Crippen LogP contribution in [0.2, 0.25) is 0 Å². The van der Waals surface area contributed by atoms with Gasteiger partial charge in [-0.1, -0.05) is 0 Å². The maximum atomic E-state index is 3.92. The van der Waals surface area contributed by atoms with Gasteiger partial charge in [-0.3, -0.25) is 0 Å². The van der Waals surface area contributed by atoms with Crippen molar-refractivity contribution in [2.75, 3.05) is 0 Å². The van der Waals surface area contributed by atoms with Gasteiger partial charge in [-0.25, -0.2) is 0 Å². The number of nitrogens with zero attached hydrogens (tertiary/aromatic N) is 3. The summed E-state index contributed by atoms with van der Waals surface area (Å²) in [5.74, 6) is 0. The minimum Gasteiger partial charge on any atom is -0.182 e. The molecule has 1 rings (SSSR count).